The van der Waals surface area contributed by atoms with Gasteiger partial charge in [0.1, 0.15) is 23.9 Å². The molecule has 1 aliphatic rings. The average molecular weight is 548 g/mol. The Hall–Kier alpha value is -4.00. The highest BCUT2D eigenvalue weighted by atomic mass is 35.5. The summed E-state index contributed by atoms with van der Waals surface area (Å²) < 4.78 is 11.3. The molecule has 0 radical (unpaired) electrons. The molecule has 1 fully saturated rings. The molecular formula is C30H23Cl2NO5. The first-order valence-electron chi connectivity index (χ1n) is 11.9. The molecule has 4 aromatic rings. The molecule has 38 heavy (non-hydrogen) atoms. The zero-order valence-corrected chi connectivity index (χ0v) is 21.9. The van der Waals surface area contributed by atoms with Gasteiger partial charge in [0.15, 0.2) is 0 Å². The number of hydrogen-bond acceptors (Lipinski definition) is 5. The van der Waals surface area contributed by atoms with Crippen LogP contribution in [0.5, 0.6) is 5.75 Å². The molecule has 0 spiro atoms. The number of carbonyl (C=O) groups is 2. The van der Waals surface area contributed by atoms with Crippen molar-refractivity contribution in [3.05, 3.63) is 129 Å². The van der Waals surface area contributed by atoms with Crippen LogP contribution in [-0.4, -0.2) is 21.7 Å². The number of nitrogens with zero attached hydrogens (tertiary/aromatic N) is 1. The fraction of sp³-hybridized carbons (Fsp3) is 0.133. The first-order chi connectivity index (χ1) is 18.3. The van der Waals surface area contributed by atoms with Crippen molar-refractivity contribution < 1.29 is 23.8 Å². The number of halogens is 2. The lowest BCUT2D eigenvalue weighted by atomic mass is 9.95. The molecule has 192 valence electrons. The largest absolute Gasteiger partial charge is 0.507 e. The van der Waals surface area contributed by atoms with E-state index in [0.29, 0.717) is 34.3 Å². The minimum Gasteiger partial charge on any atom is -0.507 e. The van der Waals surface area contributed by atoms with Gasteiger partial charge in [-0.3, -0.25) is 9.59 Å². The number of furan rings is 1. The van der Waals surface area contributed by atoms with Crippen molar-refractivity contribution in [2.45, 2.75) is 26.1 Å². The van der Waals surface area contributed by atoms with E-state index < -0.39 is 17.7 Å². The molecule has 1 aromatic heterocycles. The molecule has 0 bridgehead atoms. The Morgan fingerprint density at radius 1 is 0.974 bits per heavy atom. The van der Waals surface area contributed by atoms with E-state index in [-0.39, 0.29) is 22.9 Å². The first-order valence-corrected chi connectivity index (χ1v) is 12.6. The quantitative estimate of drug-likeness (QED) is 0.152. The second kappa shape index (κ2) is 10.8. The highest BCUT2D eigenvalue weighted by molar-refractivity contribution is 6.46. The Kier molecular flexibility index (Phi) is 7.27. The molecular weight excluding hydrogens is 525 g/mol. The van der Waals surface area contributed by atoms with Gasteiger partial charge in [0, 0.05) is 5.56 Å². The van der Waals surface area contributed by atoms with Crippen molar-refractivity contribution in [1.82, 2.24) is 4.90 Å². The number of aliphatic hydroxyl groups excluding tert-OH is 1. The number of ketones is 1. The minimum atomic E-state index is -0.896. The van der Waals surface area contributed by atoms with E-state index in [1.807, 2.05) is 31.2 Å². The lowest BCUT2D eigenvalue weighted by Crippen LogP contribution is -2.29. The topological polar surface area (TPSA) is 80.0 Å². The lowest BCUT2D eigenvalue weighted by molar-refractivity contribution is -0.140. The molecule has 1 atom stereocenters. The summed E-state index contributed by atoms with van der Waals surface area (Å²) in [4.78, 5) is 27.7. The van der Waals surface area contributed by atoms with Crippen molar-refractivity contribution >= 4 is 40.7 Å². The smallest absolute Gasteiger partial charge is 0.296 e. The van der Waals surface area contributed by atoms with Gasteiger partial charge in [-0.25, -0.2) is 0 Å². The lowest BCUT2D eigenvalue weighted by Gasteiger charge is -2.24. The van der Waals surface area contributed by atoms with E-state index >= 15 is 0 Å². The zero-order valence-electron chi connectivity index (χ0n) is 20.4. The predicted octanol–water partition coefficient (Wildman–Crippen LogP) is 7.10. The molecule has 1 unspecified atom stereocenters. The molecule has 3 aromatic carbocycles. The van der Waals surface area contributed by atoms with Gasteiger partial charge in [0.05, 0.1) is 34.5 Å². The second-order valence-electron chi connectivity index (χ2n) is 8.92. The van der Waals surface area contributed by atoms with Crippen molar-refractivity contribution in [2.24, 2.45) is 0 Å². The van der Waals surface area contributed by atoms with Crippen LogP contribution in [-0.2, 0) is 22.7 Å². The number of hydrogen-bond donors (Lipinski definition) is 1. The van der Waals surface area contributed by atoms with Crippen LogP contribution < -0.4 is 4.74 Å². The van der Waals surface area contributed by atoms with Crippen molar-refractivity contribution in [3.63, 3.8) is 0 Å². The molecule has 0 saturated carbocycles. The van der Waals surface area contributed by atoms with Crippen LogP contribution >= 0.6 is 23.2 Å². The van der Waals surface area contributed by atoms with E-state index in [2.05, 4.69) is 0 Å². The van der Waals surface area contributed by atoms with Gasteiger partial charge in [-0.05, 0) is 72.1 Å². The van der Waals surface area contributed by atoms with Crippen LogP contribution in [0.2, 0.25) is 10.0 Å². The number of rotatable bonds is 7. The van der Waals surface area contributed by atoms with Crippen molar-refractivity contribution in [3.8, 4) is 5.75 Å². The minimum absolute atomic E-state index is 0.0327. The first kappa shape index (κ1) is 25.6. The number of carbonyl (C=O) groups excluding carboxylic acids is 2. The maximum Gasteiger partial charge on any atom is 0.296 e. The number of likely N-dealkylation sites (tertiary alicyclic amines) is 1. The number of benzene rings is 3. The summed E-state index contributed by atoms with van der Waals surface area (Å²) in [6.07, 6.45) is 1.49. The van der Waals surface area contributed by atoms with Crippen LogP contribution in [0, 0.1) is 6.92 Å². The number of ether oxygens (including phenoxy) is 1. The normalized spacial score (nSPS) is 16.7. The SMILES string of the molecule is Cc1ccccc1COc1ccc(C(O)=C2C(=O)C(=O)N(Cc3ccco3)C2c2ccc(Cl)c(Cl)c2)cc1. The summed E-state index contributed by atoms with van der Waals surface area (Å²) in [7, 11) is 0. The standard InChI is InChI=1S/C30H23Cl2NO5/c1-18-5-2-3-6-21(18)17-38-22-11-8-19(9-12-22)28(34)26-27(20-10-13-24(31)25(32)15-20)33(30(36)29(26)35)16-23-7-4-14-37-23/h2-15,27,34H,16-17H2,1H3. The molecule has 1 aliphatic heterocycles. The Morgan fingerprint density at radius 2 is 1.74 bits per heavy atom. The van der Waals surface area contributed by atoms with Crippen molar-refractivity contribution in [2.75, 3.05) is 0 Å². The highest BCUT2D eigenvalue weighted by Crippen LogP contribution is 2.42. The highest BCUT2D eigenvalue weighted by Gasteiger charge is 2.46. The monoisotopic (exact) mass is 547 g/mol. The number of amides is 1. The van der Waals surface area contributed by atoms with E-state index in [9.17, 15) is 14.7 Å². The maximum atomic E-state index is 13.2. The van der Waals surface area contributed by atoms with E-state index in [1.165, 1.54) is 11.2 Å². The Morgan fingerprint density at radius 3 is 2.42 bits per heavy atom. The molecule has 8 heteroatoms. The molecule has 2 heterocycles. The Labute approximate surface area is 229 Å². The van der Waals surface area contributed by atoms with Crippen LogP contribution in [0.15, 0.2) is 95.1 Å². The van der Waals surface area contributed by atoms with E-state index in [1.54, 1.807) is 54.6 Å². The zero-order chi connectivity index (χ0) is 26.8. The van der Waals surface area contributed by atoms with Gasteiger partial charge in [0.25, 0.3) is 11.7 Å². The van der Waals surface area contributed by atoms with Crippen LogP contribution in [0.1, 0.15) is 34.1 Å². The molecule has 0 aliphatic carbocycles. The summed E-state index contributed by atoms with van der Waals surface area (Å²) in [5.74, 6) is -0.759. The summed E-state index contributed by atoms with van der Waals surface area (Å²) >= 11 is 12.4. The van der Waals surface area contributed by atoms with Gasteiger partial charge in [-0.1, -0.05) is 53.5 Å². The fourth-order valence-corrected chi connectivity index (χ4v) is 4.75. The van der Waals surface area contributed by atoms with Gasteiger partial charge in [-0.15, -0.1) is 0 Å². The van der Waals surface area contributed by atoms with Gasteiger partial charge >= 0.3 is 0 Å². The number of Topliss-reactive ketones (excluding diaryl/α,β-unsaturated/α-hetero) is 1. The maximum absolute atomic E-state index is 13.2. The fourth-order valence-electron chi connectivity index (χ4n) is 4.44. The van der Waals surface area contributed by atoms with Gasteiger partial charge < -0.3 is 19.2 Å². The second-order valence-corrected chi connectivity index (χ2v) is 9.73. The summed E-state index contributed by atoms with van der Waals surface area (Å²) in [6.45, 7) is 2.45. The Balaban J connectivity index is 1.49. The molecule has 1 saturated heterocycles. The van der Waals surface area contributed by atoms with E-state index in [4.69, 9.17) is 32.4 Å². The molecule has 1 N–H and O–H groups in total. The third-order valence-electron chi connectivity index (χ3n) is 6.49. The van der Waals surface area contributed by atoms with Gasteiger partial charge in [0.2, 0.25) is 0 Å². The van der Waals surface area contributed by atoms with Crippen LogP contribution in [0.25, 0.3) is 5.76 Å². The molecule has 1 amide bonds. The Bertz CT molecular complexity index is 1530. The summed E-state index contributed by atoms with van der Waals surface area (Å²) in [5, 5.41) is 11.9. The van der Waals surface area contributed by atoms with Crippen molar-refractivity contribution in [1.29, 1.82) is 0 Å². The average Bonchev–Trinajstić information content (AvgIpc) is 3.52. The van der Waals surface area contributed by atoms with Gasteiger partial charge in [-0.2, -0.15) is 0 Å². The summed E-state index contributed by atoms with van der Waals surface area (Å²) in [5.41, 5.74) is 3.05. The molecule has 5 rings (SSSR count). The van der Waals surface area contributed by atoms with Crippen LogP contribution in [0.4, 0.5) is 0 Å². The number of aryl methyl sites for hydroxylation is 1. The third kappa shape index (κ3) is 5.05. The molecule has 6 nitrogen and oxygen atoms in total. The third-order valence-corrected chi connectivity index (χ3v) is 7.23. The predicted molar refractivity (Wildman–Crippen MR) is 145 cm³/mol. The summed E-state index contributed by atoms with van der Waals surface area (Å²) in [6, 6.07) is 22.0. The van der Waals surface area contributed by atoms with Crippen LogP contribution in [0.3, 0.4) is 0 Å². The number of aliphatic hydroxyl groups is 1. The van der Waals surface area contributed by atoms with E-state index in [0.717, 1.165) is 11.1 Å².